The van der Waals surface area contributed by atoms with Crippen molar-refractivity contribution in [2.75, 3.05) is 0 Å². The highest BCUT2D eigenvalue weighted by atomic mass is 35.5. The van der Waals surface area contributed by atoms with Crippen molar-refractivity contribution in [1.82, 2.24) is 24.7 Å². The van der Waals surface area contributed by atoms with Crippen molar-refractivity contribution >= 4 is 23.2 Å². The monoisotopic (exact) mass is 373 g/mol. The van der Waals surface area contributed by atoms with Crippen molar-refractivity contribution < 1.29 is 13.2 Å². The van der Waals surface area contributed by atoms with E-state index >= 15 is 0 Å². The topological polar surface area (TPSA) is 56.5 Å². The normalized spacial score (nSPS) is 11.2. The standard InChI is InChI=1S/C14H8Cl2F3N5/c15-7-4-20-12(21-5-7)3-8-2-11(14(18)19)23-24(8)9-1-10(17)13(16)22-6-9/h1-2,4-6,14H,3H2. The first-order valence-corrected chi connectivity index (χ1v) is 7.34. The van der Waals surface area contributed by atoms with Crippen molar-refractivity contribution in [3.8, 4) is 5.69 Å². The third-order valence-corrected chi connectivity index (χ3v) is 3.54. The largest absolute Gasteiger partial charge is 0.282 e. The van der Waals surface area contributed by atoms with Crippen LogP contribution < -0.4 is 0 Å². The van der Waals surface area contributed by atoms with Crippen LogP contribution in [0.25, 0.3) is 5.69 Å². The molecule has 10 heteroatoms. The van der Waals surface area contributed by atoms with E-state index in [1.54, 1.807) is 0 Å². The number of hydrogen-bond acceptors (Lipinski definition) is 4. The van der Waals surface area contributed by atoms with Gasteiger partial charge in [-0.05, 0) is 6.07 Å². The second-order valence-electron chi connectivity index (χ2n) is 4.73. The molecule has 0 aliphatic rings. The molecule has 0 fully saturated rings. The average Bonchev–Trinajstić information content (AvgIpc) is 2.96. The summed E-state index contributed by atoms with van der Waals surface area (Å²) < 4.78 is 40.7. The van der Waals surface area contributed by atoms with E-state index in [4.69, 9.17) is 23.2 Å². The predicted octanol–water partition coefficient (Wildman–Crippen LogP) is 4.03. The van der Waals surface area contributed by atoms with E-state index < -0.39 is 17.9 Å². The summed E-state index contributed by atoms with van der Waals surface area (Å²) in [5.74, 6) is -0.430. The van der Waals surface area contributed by atoms with Crippen LogP contribution in [0.3, 0.4) is 0 Å². The van der Waals surface area contributed by atoms with Crippen molar-refractivity contribution in [2.24, 2.45) is 0 Å². The molecule has 0 aromatic carbocycles. The third kappa shape index (κ3) is 3.49. The number of pyridine rings is 1. The van der Waals surface area contributed by atoms with Crippen LogP contribution in [0.1, 0.15) is 23.6 Å². The maximum Gasteiger partial charge on any atom is 0.282 e. The van der Waals surface area contributed by atoms with Crippen LogP contribution in [0.2, 0.25) is 10.2 Å². The molecule has 3 aromatic rings. The third-order valence-electron chi connectivity index (χ3n) is 3.07. The number of hydrogen-bond donors (Lipinski definition) is 0. The fourth-order valence-electron chi connectivity index (χ4n) is 2.02. The molecule has 0 radical (unpaired) electrons. The van der Waals surface area contributed by atoms with Gasteiger partial charge in [-0.1, -0.05) is 23.2 Å². The molecule has 0 unspecified atom stereocenters. The van der Waals surface area contributed by atoms with Gasteiger partial charge in [-0.3, -0.25) is 0 Å². The highest BCUT2D eigenvalue weighted by Gasteiger charge is 2.18. The van der Waals surface area contributed by atoms with Crippen molar-refractivity contribution in [1.29, 1.82) is 0 Å². The Balaban J connectivity index is 2.03. The number of halogens is 5. The van der Waals surface area contributed by atoms with Crippen LogP contribution in [-0.4, -0.2) is 24.7 Å². The fraction of sp³-hybridized carbons (Fsp3) is 0.143. The SMILES string of the molecule is Fc1cc(-n2nc(C(F)F)cc2Cc2ncc(Cl)cn2)cnc1Cl. The zero-order valence-electron chi connectivity index (χ0n) is 11.8. The molecular weight excluding hydrogens is 366 g/mol. The first-order chi connectivity index (χ1) is 11.4. The molecule has 0 aliphatic heterocycles. The summed E-state index contributed by atoms with van der Waals surface area (Å²) in [4.78, 5) is 11.7. The number of aromatic nitrogens is 5. The van der Waals surface area contributed by atoms with Crippen LogP contribution in [-0.2, 0) is 6.42 Å². The Kier molecular flexibility index (Phi) is 4.68. The second kappa shape index (κ2) is 6.74. The van der Waals surface area contributed by atoms with E-state index in [-0.39, 0.29) is 17.3 Å². The van der Waals surface area contributed by atoms with Gasteiger partial charge >= 0.3 is 0 Å². The quantitative estimate of drug-likeness (QED) is 0.647. The summed E-state index contributed by atoms with van der Waals surface area (Å²) in [6, 6.07) is 2.26. The summed E-state index contributed by atoms with van der Waals surface area (Å²) in [6.07, 6.45) is 1.34. The molecular formula is C14H8Cl2F3N5. The van der Waals surface area contributed by atoms with E-state index in [1.807, 2.05) is 0 Å². The van der Waals surface area contributed by atoms with Gasteiger partial charge in [0.15, 0.2) is 11.0 Å². The van der Waals surface area contributed by atoms with Gasteiger partial charge in [0.2, 0.25) is 0 Å². The molecule has 0 saturated heterocycles. The van der Waals surface area contributed by atoms with Crippen molar-refractivity contribution in [3.05, 3.63) is 63.9 Å². The lowest BCUT2D eigenvalue weighted by Crippen LogP contribution is -2.06. The predicted molar refractivity (Wildman–Crippen MR) is 81.1 cm³/mol. The maximum atomic E-state index is 13.6. The van der Waals surface area contributed by atoms with E-state index in [2.05, 4.69) is 20.1 Å². The van der Waals surface area contributed by atoms with Gasteiger partial charge in [-0.25, -0.2) is 32.8 Å². The zero-order valence-corrected chi connectivity index (χ0v) is 13.3. The van der Waals surface area contributed by atoms with E-state index in [0.717, 1.165) is 10.7 Å². The van der Waals surface area contributed by atoms with Crippen LogP contribution in [0.15, 0.2) is 30.7 Å². The summed E-state index contributed by atoms with van der Waals surface area (Å²) in [7, 11) is 0. The van der Waals surface area contributed by atoms with Gasteiger partial charge in [0.05, 0.1) is 29.0 Å². The minimum Gasteiger partial charge on any atom is -0.239 e. The fourth-order valence-corrected chi connectivity index (χ4v) is 2.22. The minimum atomic E-state index is -2.78. The molecule has 0 aliphatic carbocycles. The molecule has 0 spiro atoms. The Labute approximate surface area is 144 Å². The summed E-state index contributed by atoms with van der Waals surface area (Å²) >= 11 is 11.3. The minimum absolute atomic E-state index is 0.0983. The highest BCUT2D eigenvalue weighted by molar-refractivity contribution is 6.30. The van der Waals surface area contributed by atoms with Crippen LogP contribution in [0, 0.1) is 5.82 Å². The molecule has 0 saturated carbocycles. The Morgan fingerprint density at radius 1 is 1.04 bits per heavy atom. The second-order valence-corrected chi connectivity index (χ2v) is 5.53. The first-order valence-electron chi connectivity index (χ1n) is 6.59. The molecule has 3 heterocycles. The Morgan fingerprint density at radius 3 is 2.38 bits per heavy atom. The van der Waals surface area contributed by atoms with Crippen LogP contribution in [0.5, 0.6) is 0 Å². The van der Waals surface area contributed by atoms with Crippen LogP contribution >= 0.6 is 23.2 Å². The number of rotatable bonds is 4. The smallest absolute Gasteiger partial charge is 0.239 e. The summed E-state index contributed by atoms with van der Waals surface area (Å²) in [6.45, 7) is 0. The molecule has 5 nitrogen and oxygen atoms in total. The summed E-state index contributed by atoms with van der Waals surface area (Å²) in [5.41, 5.74) is 0.0539. The van der Waals surface area contributed by atoms with Gasteiger partial charge < -0.3 is 0 Å². The lowest BCUT2D eigenvalue weighted by Gasteiger charge is -2.07. The van der Waals surface area contributed by atoms with Gasteiger partial charge in [-0.2, -0.15) is 5.10 Å². The molecule has 0 bridgehead atoms. The molecule has 0 N–H and O–H groups in total. The number of alkyl halides is 2. The number of nitrogens with zero attached hydrogens (tertiary/aromatic N) is 5. The zero-order chi connectivity index (χ0) is 17.3. The Morgan fingerprint density at radius 2 is 1.75 bits per heavy atom. The Bertz CT molecular complexity index is 867. The average molecular weight is 374 g/mol. The van der Waals surface area contributed by atoms with Gasteiger partial charge in [-0.15, -0.1) is 0 Å². The maximum absolute atomic E-state index is 13.6. The highest BCUT2D eigenvalue weighted by Crippen LogP contribution is 2.23. The first kappa shape index (κ1) is 16.7. The van der Waals surface area contributed by atoms with E-state index in [1.165, 1.54) is 24.7 Å². The van der Waals surface area contributed by atoms with Crippen molar-refractivity contribution in [3.63, 3.8) is 0 Å². The molecule has 0 amide bonds. The molecule has 3 aromatic heterocycles. The lowest BCUT2D eigenvalue weighted by atomic mass is 10.2. The molecule has 0 atom stereocenters. The summed E-state index contributed by atoms with van der Waals surface area (Å²) in [5, 5.41) is 3.83. The van der Waals surface area contributed by atoms with Gasteiger partial charge in [0.1, 0.15) is 11.5 Å². The van der Waals surface area contributed by atoms with Gasteiger partial charge in [0.25, 0.3) is 6.43 Å². The molecule has 124 valence electrons. The van der Waals surface area contributed by atoms with Gasteiger partial charge in [0, 0.05) is 18.5 Å². The molecule has 3 rings (SSSR count). The van der Waals surface area contributed by atoms with Crippen LogP contribution in [0.4, 0.5) is 13.2 Å². The molecule has 24 heavy (non-hydrogen) atoms. The lowest BCUT2D eigenvalue weighted by molar-refractivity contribution is 0.145. The van der Waals surface area contributed by atoms with Crippen molar-refractivity contribution in [2.45, 2.75) is 12.8 Å². The van der Waals surface area contributed by atoms with E-state index in [9.17, 15) is 13.2 Å². The van der Waals surface area contributed by atoms with E-state index in [0.29, 0.717) is 16.5 Å². The Hall–Kier alpha value is -2.19.